The van der Waals surface area contributed by atoms with E-state index in [2.05, 4.69) is 23.2 Å². The summed E-state index contributed by atoms with van der Waals surface area (Å²) >= 11 is 6.15. The van der Waals surface area contributed by atoms with Gasteiger partial charge >= 0.3 is 0 Å². The number of methoxy groups -OCH3 is 1. The van der Waals surface area contributed by atoms with Gasteiger partial charge in [0.25, 0.3) is 5.91 Å². The summed E-state index contributed by atoms with van der Waals surface area (Å²) in [5.74, 6) is 1.12. The van der Waals surface area contributed by atoms with E-state index in [1.807, 2.05) is 6.08 Å². The Balaban J connectivity index is 1.63. The van der Waals surface area contributed by atoms with Crippen LogP contribution in [0.25, 0.3) is 0 Å². The molecule has 2 heterocycles. The van der Waals surface area contributed by atoms with Gasteiger partial charge in [0.05, 0.1) is 23.9 Å². The molecule has 1 aromatic heterocycles. The second-order valence-corrected chi connectivity index (χ2v) is 6.13. The van der Waals surface area contributed by atoms with E-state index in [4.69, 9.17) is 21.1 Å². The minimum atomic E-state index is -0.0816. The Hall–Kier alpha value is -2.47. The van der Waals surface area contributed by atoms with Crippen LogP contribution in [0, 0.1) is 0 Å². The first kappa shape index (κ1) is 17.4. The fraction of sp³-hybridized carbons (Fsp3) is 0.333. The largest absolute Gasteiger partial charge is 0.497 e. The van der Waals surface area contributed by atoms with Crippen molar-refractivity contribution < 1.29 is 14.3 Å². The van der Waals surface area contributed by atoms with E-state index >= 15 is 0 Å². The van der Waals surface area contributed by atoms with Crippen LogP contribution < -0.4 is 9.47 Å². The smallest absolute Gasteiger partial charge is 0.275 e. The average molecular weight is 362 g/mol. The number of aromatic amines is 1. The number of ether oxygens (including phenoxy) is 2. The molecule has 3 rings (SSSR count). The van der Waals surface area contributed by atoms with Crippen LogP contribution in [0.3, 0.4) is 0 Å². The standard InChI is InChI=1S/C18H20ClN3O3/c1-3-13-5-4-8-22(13)18(23)16-9-12(20-21-16)11-25-17-7-6-14(24-2)10-15(17)19/h4-7,9-10,13H,3,8,11H2,1-2H3,(H,20,21)/t13-/m0/s1. The van der Waals surface area contributed by atoms with Crippen LogP contribution >= 0.6 is 11.6 Å². The van der Waals surface area contributed by atoms with Crippen molar-refractivity contribution >= 4 is 17.5 Å². The molecule has 1 aliphatic heterocycles. The van der Waals surface area contributed by atoms with Gasteiger partial charge in [0.2, 0.25) is 0 Å². The van der Waals surface area contributed by atoms with Crippen molar-refractivity contribution in [2.24, 2.45) is 0 Å². The minimum Gasteiger partial charge on any atom is -0.497 e. The zero-order valence-corrected chi connectivity index (χ0v) is 14.9. The quantitative estimate of drug-likeness (QED) is 0.800. The first-order valence-electron chi connectivity index (χ1n) is 8.10. The first-order chi connectivity index (χ1) is 12.1. The fourth-order valence-electron chi connectivity index (χ4n) is 2.73. The molecule has 2 aromatic rings. The highest BCUT2D eigenvalue weighted by atomic mass is 35.5. The van der Waals surface area contributed by atoms with Crippen LogP contribution in [-0.2, 0) is 6.61 Å². The van der Waals surface area contributed by atoms with Gasteiger partial charge in [-0.25, -0.2) is 0 Å². The number of nitrogens with one attached hydrogen (secondary N) is 1. The zero-order valence-electron chi connectivity index (χ0n) is 14.2. The number of H-pyrrole nitrogens is 1. The Labute approximate surface area is 151 Å². The van der Waals surface area contributed by atoms with Crippen LogP contribution in [0.2, 0.25) is 5.02 Å². The predicted molar refractivity (Wildman–Crippen MR) is 95.2 cm³/mol. The van der Waals surface area contributed by atoms with Gasteiger partial charge in [-0.1, -0.05) is 30.7 Å². The summed E-state index contributed by atoms with van der Waals surface area (Å²) < 4.78 is 10.8. The van der Waals surface area contributed by atoms with Gasteiger partial charge in [-0.3, -0.25) is 9.89 Å². The van der Waals surface area contributed by atoms with Crippen molar-refractivity contribution in [1.29, 1.82) is 0 Å². The number of benzene rings is 1. The van der Waals surface area contributed by atoms with Crippen LogP contribution in [0.1, 0.15) is 29.5 Å². The van der Waals surface area contributed by atoms with Gasteiger partial charge < -0.3 is 14.4 Å². The summed E-state index contributed by atoms with van der Waals surface area (Å²) in [6, 6.07) is 7.05. The summed E-state index contributed by atoms with van der Waals surface area (Å²) in [4.78, 5) is 14.4. The highest BCUT2D eigenvalue weighted by molar-refractivity contribution is 6.32. The predicted octanol–water partition coefficient (Wildman–Crippen LogP) is 3.44. The maximum absolute atomic E-state index is 12.6. The molecule has 1 aromatic carbocycles. The molecular formula is C18H20ClN3O3. The molecule has 132 valence electrons. The number of hydrogen-bond acceptors (Lipinski definition) is 4. The third kappa shape index (κ3) is 3.79. The second-order valence-electron chi connectivity index (χ2n) is 5.72. The van der Waals surface area contributed by atoms with E-state index in [9.17, 15) is 4.79 Å². The van der Waals surface area contributed by atoms with E-state index in [1.54, 1.807) is 36.3 Å². The number of aromatic nitrogens is 2. The van der Waals surface area contributed by atoms with Crippen LogP contribution in [0.4, 0.5) is 0 Å². The molecule has 0 saturated heterocycles. The summed E-state index contributed by atoms with van der Waals surface area (Å²) in [6.45, 7) is 2.92. The SMILES string of the molecule is CC[C@H]1C=CCN1C(=O)c1cc(COc2ccc(OC)cc2Cl)[nH]n1. The Morgan fingerprint density at radius 1 is 1.44 bits per heavy atom. The van der Waals surface area contributed by atoms with Gasteiger partial charge in [-0.15, -0.1) is 0 Å². The number of amides is 1. The monoisotopic (exact) mass is 361 g/mol. The number of rotatable bonds is 6. The third-order valence-electron chi connectivity index (χ3n) is 4.11. The summed E-state index contributed by atoms with van der Waals surface area (Å²) in [5.41, 5.74) is 1.09. The Morgan fingerprint density at radius 2 is 2.28 bits per heavy atom. The van der Waals surface area contributed by atoms with Gasteiger partial charge in [-0.2, -0.15) is 5.10 Å². The summed E-state index contributed by atoms with van der Waals surface area (Å²) in [5, 5.41) is 7.42. The highest BCUT2D eigenvalue weighted by Gasteiger charge is 2.26. The van der Waals surface area contributed by atoms with Crippen molar-refractivity contribution in [2.45, 2.75) is 26.0 Å². The lowest BCUT2D eigenvalue weighted by atomic mass is 10.2. The molecule has 1 atom stereocenters. The molecule has 0 saturated carbocycles. The van der Waals surface area contributed by atoms with Crippen molar-refractivity contribution in [3.63, 3.8) is 0 Å². The highest BCUT2D eigenvalue weighted by Crippen LogP contribution is 2.29. The number of carbonyl (C=O) groups is 1. The number of carbonyl (C=O) groups excluding carboxylic acids is 1. The fourth-order valence-corrected chi connectivity index (χ4v) is 2.96. The minimum absolute atomic E-state index is 0.0816. The van der Waals surface area contributed by atoms with Crippen LogP contribution in [-0.4, -0.2) is 40.7 Å². The molecule has 0 radical (unpaired) electrons. The van der Waals surface area contributed by atoms with Gasteiger partial charge in [0.1, 0.15) is 18.1 Å². The van der Waals surface area contributed by atoms with Crippen LogP contribution in [0.5, 0.6) is 11.5 Å². The third-order valence-corrected chi connectivity index (χ3v) is 4.41. The van der Waals surface area contributed by atoms with E-state index in [1.165, 1.54) is 0 Å². The number of nitrogens with zero attached hydrogens (tertiary/aromatic N) is 2. The van der Waals surface area contributed by atoms with E-state index in [-0.39, 0.29) is 18.6 Å². The first-order valence-corrected chi connectivity index (χ1v) is 8.48. The second kappa shape index (κ2) is 7.61. The van der Waals surface area contributed by atoms with E-state index in [0.717, 1.165) is 6.42 Å². The van der Waals surface area contributed by atoms with E-state index < -0.39 is 0 Å². The molecule has 1 N–H and O–H groups in total. The Kier molecular flexibility index (Phi) is 5.28. The lowest BCUT2D eigenvalue weighted by Crippen LogP contribution is -2.35. The molecule has 25 heavy (non-hydrogen) atoms. The molecule has 1 aliphatic rings. The summed E-state index contributed by atoms with van der Waals surface area (Å²) in [7, 11) is 1.58. The molecular weight excluding hydrogens is 342 g/mol. The van der Waals surface area contributed by atoms with Gasteiger partial charge in [-0.05, 0) is 24.6 Å². The Morgan fingerprint density at radius 3 is 3.00 bits per heavy atom. The topological polar surface area (TPSA) is 67.5 Å². The number of halogens is 1. The van der Waals surface area contributed by atoms with Crippen molar-refractivity contribution in [1.82, 2.24) is 15.1 Å². The van der Waals surface area contributed by atoms with E-state index in [0.29, 0.717) is 34.5 Å². The average Bonchev–Trinajstić information content (AvgIpc) is 3.29. The maximum atomic E-state index is 12.6. The number of hydrogen-bond donors (Lipinski definition) is 1. The molecule has 0 fully saturated rings. The summed E-state index contributed by atoms with van der Waals surface area (Å²) in [6.07, 6.45) is 4.95. The molecule has 0 spiro atoms. The normalized spacial score (nSPS) is 16.3. The van der Waals surface area contributed by atoms with Crippen molar-refractivity contribution in [3.8, 4) is 11.5 Å². The zero-order chi connectivity index (χ0) is 17.8. The van der Waals surface area contributed by atoms with Crippen molar-refractivity contribution in [3.05, 3.63) is 52.8 Å². The maximum Gasteiger partial charge on any atom is 0.275 e. The van der Waals surface area contributed by atoms with Crippen molar-refractivity contribution in [2.75, 3.05) is 13.7 Å². The molecule has 0 bridgehead atoms. The molecule has 6 nitrogen and oxygen atoms in total. The lowest BCUT2D eigenvalue weighted by molar-refractivity contribution is 0.0741. The molecule has 0 unspecified atom stereocenters. The molecule has 7 heteroatoms. The lowest BCUT2D eigenvalue weighted by Gasteiger charge is -2.22. The Bertz CT molecular complexity index is 788. The molecule has 1 amide bonds. The molecule has 0 aliphatic carbocycles. The van der Waals surface area contributed by atoms with Gasteiger partial charge in [0, 0.05) is 12.6 Å². The van der Waals surface area contributed by atoms with Crippen LogP contribution in [0.15, 0.2) is 36.4 Å². The van der Waals surface area contributed by atoms with Gasteiger partial charge in [0.15, 0.2) is 5.69 Å².